The Morgan fingerprint density at radius 2 is 2.10 bits per heavy atom. The highest BCUT2D eigenvalue weighted by molar-refractivity contribution is 14.1. The van der Waals surface area contributed by atoms with E-state index in [1.807, 2.05) is 36.7 Å². The Kier molecular flexibility index (Phi) is 6.86. The number of unbranched alkanes of at least 4 members (excludes halogenated alkanes) is 1. The molecule has 0 heterocycles. The second-order valence-corrected chi connectivity index (χ2v) is 5.85. The van der Waals surface area contributed by atoms with E-state index in [9.17, 15) is 14.9 Å². The minimum atomic E-state index is -0.496. The standard InChI is InChI=1S/C13H18IN3O3/c1-16(2)8-4-3-7-15-13(18)11-9-10(17(19)20)5-6-12(11)14/h5-6,9H,3-4,7-8H2,1-2H3,(H,15,18). The molecule has 6 nitrogen and oxygen atoms in total. The Morgan fingerprint density at radius 3 is 2.70 bits per heavy atom. The molecule has 1 rings (SSSR count). The lowest BCUT2D eigenvalue weighted by Gasteiger charge is -2.10. The molecule has 0 aliphatic heterocycles. The number of nitro benzene ring substituents is 1. The Labute approximate surface area is 131 Å². The van der Waals surface area contributed by atoms with Crippen LogP contribution < -0.4 is 5.32 Å². The van der Waals surface area contributed by atoms with E-state index in [1.165, 1.54) is 12.1 Å². The van der Waals surface area contributed by atoms with E-state index in [-0.39, 0.29) is 11.6 Å². The van der Waals surface area contributed by atoms with Crippen LogP contribution in [0.5, 0.6) is 0 Å². The highest BCUT2D eigenvalue weighted by Gasteiger charge is 2.14. The van der Waals surface area contributed by atoms with Gasteiger partial charge in [0, 0.05) is 22.2 Å². The van der Waals surface area contributed by atoms with Gasteiger partial charge in [-0.15, -0.1) is 0 Å². The Morgan fingerprint density at radius 1 is 1.40 bits per heavy atom. The minimum absolute atomic E-state index is 0.0665. The van der Waals surface area contributed by atoms with Gasteiger partial charge in [-0.3, -0.25) is 14.9 Å². The van der Waals surface area contributed by atoms with Crippen molar-refractivity contribution in [2.75, 3.05) is 27.2 Å². The fourth-order valence-corrected chi connectivity index (χ4v) is 2.23. The molecule has 1 aromatic rings. The van der Waals surface area contributed by atoms with Gasteiger partial charge in [0.15, 0.2) is 0 Å². The number of nitrogens with one attached hydrogen (secondary N) is 1. The molecule has 0 saturated carbocycles. The first-order valence-electron chi connectivity index (χ1n) is 6.28. The highest BCUT2D eigenvalue weighted by atomic mass is 127. The molecule has 0 atom stereocenters. The molecule has 1 aromatic carbocycles. The normalized spacial score (nSPS) is 10.6. The summed E-state index contributed by atoms with van der Waals surface area (Å²) in [5, 5.41) is 13.5. The van der Waals surface area contributed by atoms with E-state index in [0.717, 1.165) is 19.4 Å². The van der Waals surface area contributed by atoms with Crippen molar-refractivity contribution in [3.63, 3.8) is 0 Å². The predicted octanol–water partition coefficient (Wildman–Crippen LogP) is 2.27. The first-order chi connectivity index (χ1) is 9.41. The minimum Gasteiger partial charge on any atom is -0.352 e. The van der Waals surface area contributed by atoms with Gasteiger partial charge in [-0.05, 0) is 62.1 Å². The topological polar surface area (TPSA) is 75.5 Å². The lowest BCUT2D eigenvalue weighted by atomic mass is 10.2. The molecule has 0 unspecified atom stereocenters. The summed E-state index contributed by atoms with van der Waals surface area (Å²) in [6, 6.07) is 4.30. The maximum atomic E-state index is 12.0. The van der Waals surface area contributed by atoms with Crippen molar-refractivity contribution in [2.24, 2.45) is 0 Å². The Balaban J connectivity index is 2.55. The van der Waals surface area contributed by atoms with Crippen LogP contribution in [0.15, 0.2) is 18.2 Å². The van der Waals surface area contributed by atoms with Crippen LogP contribution >= 0.6 is 22.6 Å². The van der Waals surface area contributed by atoms with Crippen LogP contribution in [0.3, 0.4) is 0 Å². The van der Waals surface area contributed by atoms with E-state index in [0.29, 0.717) is 15.7 Å². The molecule has 0 aromatic heterocycles. The van der Waals surface area contributed by atoms with Crippen LogP contribution in [0.2, 0.25) is 0 Å². The summed E-state index contributed by atoms with van der Waals surface area (Å²) in [4.78, 5) is 24.3. The summed E-state index contributed by atoms with van der Waals surface area (Å²) in [5.41, 5.74) is 0.288. The van der Waals surface area contributed by atoms with E-state index >= 15 is 0 Å². The second kappa shape index (κ2) is 8.15. The molecule has 110 valence electrons. The fraction of sp³-hybridized carbons (Fsp3) is 0.462. The van der Waals surface area contributed by atoms with E-state index in [2.05, 4.69) is 10.2 Å². The van der Waals surface area contributed by atoms with Gasteiger partial charge in [0.1, 0.15) is 0 Å². The molecule has 0 aliphatic carbocycles. The summed E-state index contributed by atoms with van der Waals surface area (Å²) in [7, 11) is 4.01. The number of rotatable bonds is 7. The average Bonchev–Trinajstić information content (AvgIpc) is 2.37. The summed E-state index contributed by atoms with van der Waals surface area (Å²) in [6.45, 7) is 1.55. The molecule has 0 aliphatic rings. The lowest BCUT2D eigenvalue weighted by molar-refractivity contribution is -0.384. The maximum Gasteiger partial charge on any atom is 0.270 e. The number of hydrogen-bond acceptors (Lipinski definition) is 4. The van der Waals surface area contributed by atoms with Gasteiger partial charge in [0.25, 0.3) is 11.6 Å². The molecule has 0 bridgehead atoms. The van der Waals surface area contributed by atoms with E-state index < -0.39 is 4.92 Å². The van der Waals surface area contributed by atoms with Crippen LogP contribution in [0, 0.1) is 13.7 Å². The zero-order valence-corrected chi connectivity index (χ0v) is 13.7. The van der Waals surface area contributed by atoms with Gasteiger partial charge in [-0.25, -0.2) is 0 Å². The number of non-ortho nitro benzene ring substituents is 1. The predicted molar refractivity (Wildman–Crippen MR) is 85.9 cm³/mol. The third-order valence-electron chi connectivity index (χ3n) is 2.72. The van der Waals surface area contributed by atoms with Crippen LogP contribution in [0.25, 0.3) is 0 Å². The number of halogens is 1. The molecular weight excluding hydrogens is 373 g/mol. The third kappa shape index (κ3) is 5.41. The van der Waals surface area contributed by atoms with Crippen molar-refractivity contribution in [3.8, 4) is 0 Å². The molecule has 1 amide bonds. The van der Waals surface area contributed by atoms with Gasteiger partial charge in [-0.2, -0.15) is 0 Å². The zero-order chi connectivity index (χ0) is 15.1. The van der Waals surface area contributed by atoms with Crippen molar-refractivity contribution in [2.45, 2.75) is 12.8 Å². The molecule has 0 spiro atoms. The highest BCUT2D eigenvalue weighted by Crippen LogP contribution is 2.19. The lowest BCUT2D eigenvalue weighted by Crippen LogP contribution is -2.26. The van der Waals surface area contributed by atoms with Gasteiger partial charge >= 0.3 is 0 Å². The molecule has 0 saturated heterocycles. The summed E-state index contributed by atoms with van der Waals surface area (Å²) in [6.07, 6.45) is 1.88. The van der Waals surface area contributed by atoms with E-state index in [1.54, 1.807) is 6.07 Å². The monoisotopic (exact) mass is 391 g/mol. The van der Waals surface area contributed by atoms with Gasteiger partial charge in [0.05, 0.1) is 10.5 Å². The van der Waals surface area contributed by atoms with Crippen molar-refractivity contribution >= 4 is 34.2 Å². The zero-order valence-electron chi connectivity index (χ0n) is 11.6. The van der Waals surface area contributed by atoms with Crippen molar-refractivity contribution in [1.82, 2.24) is 10.2 Å². The molecule has 20 heavy (non-hydrogen) atoms. The first kappa shape index (κ1) is 16.8. The summed E-state index contributed by atoms with van der Waals surface area (Å²) in [5.74, 6) is -0.261. The SMILES string of the molecule is CN(C)CCCCNC(=O)c1cc([N+](=O)[O-])ccc1I. The molecule has 0 radical (unpaired) electrons. The third-order valence-corrected chi connectivity index (χ3v) is 3.66. The summed E-state index contributed by atoms with van der Waals surface area (Å²) < 4.78 is 0.707. The van der Waals surface area contributed by atoms with E-state index in [4.69, 9.17) is 0 Å². The fourth-order valence-electron chi connectivity index (χ4n) is 1.65. The van der Waals surface area contributed by atoms with Crippen molar-refractivity contribution < 1.29 is 9.72 Å². The van der Waals surface area contributed by atoms with Crippen molar-refractivity contribution in [3.05, 3.63) is 37.4 Å². The number of benzene rings is 1. The summed E-state index contributed by atoms with van der Waals surface area (Å²) >= 11 is 2.00. The van der Waals surface area contributed by atoms with Crippen LogP contribution in [-0.4, -0.2) is 42.9 Å². The molecule has 1 N–H and O–H groups in total. The number of nitro groups is 1. The molecule has 7 heteroatoms. The van der Waals surface area contributed by atoms with Crippen LogP contribution in [-0.2, 0) is 0 Å². The Hall–Kier alpha value is -1.22. The van der Waals surface area contributed by atoms with Gasteiger partial charge < -0.3 is 10.2 Å². The largest absolute Gasteiger partial charge is 0.352 e. The number of carbonyl (C=O) groups is 1. The average molecular weight is 391 g/mol. The van der Waals surface area contributed by atoms with Crippen molar-refractivity contribution in [1.29, 1.82) is 0 Å². The number of carbonyl (C=O) groups excluding carboxylic acids is 1. The number of nitrogens with zero attached hydrogens (tertiary/aromatic N) is 2. The smallest absolute Gasteiger partial charge is 0.270 e. The Bertz CT molecular complexity index is 492. The molecular formula is C13H18IN3O3. The quantitative estimate of drug-likeness (QED) is 0.335. The maximum absolute atomic E-state index is 12.0. The second-order valence-electron chi connectivity index (χ2n) is 4.69. The number of hydrogen-bond donors (Lipinski definition) is 1. The van der Waals surface area contributed by atoms with Crippen LogP contribution in [0.1, 0.15) is 23.2 Å². The number of amides is 1. The van der Waals surface area contributed by atoms with Gasteiger partial charge in [-0.1, -0.05) is 0 Å². The van der Waals surface area contributed by atoms with Crippen LogP contribution in [0.4, 0.5) is 5.69 Å². The first-order valence-corrected chi connectivity index (χ1v) is 7.36. The molecule has 0 fully saturated rings. The van der Waals surface area contributed by atoms with Gasteiger partial charge in [0.2, 0.25) is 0 Å².